The number of carbonyl (C=O) groups is 2. The fraction of sp³-hybridized carbons (Fsp3) is 0.429. The molecular formula is C14H17F2NO4. The summed E-state index contributed by atoms with van der Waals surface area (Å²) in [6.45, 7) is 5.28. The minimum Gasteiger partial charge on any atom is -0.492 e. The monoisotopic (exact) mass is 301 g/mol. The van der Waals surface area contributed by atoms with Gasteiger partial charge in [-0.15, -0.1) is 0 Å². The number of hydrogen-bond acceptors (Lipinski definition) is 4. The summed E-state index contributed by atoms with van der Waals surface area (Å²) in [6, 6.07) is 1.81. The van der Waals surface area contributed by atoms with Gasteiger partial charge in [0.1, 0.15) is 29.6 Å². The number of carbonyl (C=O) groups excluding carboxylic acids is 2. The van der Waals surface area contributed by atoms with Gasteiger partial charge in [0.15, 0.2) is 6.29 Å². The standard InChI is InChI=1S/C14H17F2NO4/c1-14(2,3)21-13(19)17-4-5-20-9-6-11(15)10(8-18)12(16)7-9/h6-8H,4-5H2,1-3H3,(H,17,19). The summed E-state index contributed by atoms with van der Waals surface area (Å²) in [5, 5.41) is 2.43. The van der Waals surface area contributed by atoms with Crippen molar-refractivity contribution in [3.63, 3.8) is 0 Å². The molecule has 0 aliphatic carbocycles. The van der Waals surface area contributed by atoms with Crippen LogP contribution in [-0.4, -0.2) is 31.1 Å². The summed E-state index contributed by atoms with van der Waals surface area (Å²) in [5.41, 5.74) is -1.25. The van der Waals surface area contributed by atoms with Crippen LogP contribution in [-0.2, 0) is 4.74 Å². The second kappa shape index (κ2) is 7.01. The van der Waals surface area contributed by atoms with Gasteiger partial charge in [0, 0.05) is 12.1 Å². The maximum absolute atomic E-state index is 13.3. The van der Waals surface area contributed by atoms with Crippen molar-refractivity contribution >= 4 is 12.4 Å². The Labute approximate surface area is 121 Å². The number of alkyl carbamates (subject to hydrolysis) is 1. The number of rotatable bonds is 5. The predicted molar refractivity (Wildman–Crippen MR) is 71.5 cm³/mol. The highest BCUT2D eigenvalue weighted by molar-refractivity contribution is 5.76. The van der Waals surface area contributed by atoms with Gasteiger partial charge < -0.3 is 14.8 Å². The molecule has 0 atom stereocenters. The van der Waals surface area contributed by atoms with Crippen molar-refractivity contribution in [2.45, 2.75) is 26.4 Å². The molecule has 0 bridgehead atoms. The number of halogens is 2. The lowest BCUT2D eigenvalue weighted by atomic mass is 10.2. The largest absolute Gasteiger partial charge is 0.492 e. The van der Waals surface area contributed by atoms with Crippen LogP contribution in [0.5, 0.6) is 5.75 Å². The molecule has 1 rings (SSSR count). The molecule has 1 aromatic carbocycles. The zero-order valence-corrected chi connectivity index (χ0v) is 12.0. The first-order valence-corrected chi connectivity index (χ1v) is 6.27. The normalized spacial score (nSPS) is 10.9. The molecule has 0 radical (unpaired) electrons. The Morgan fingerprint density at radius 1 is 1.29 bits per heavy atom. The van der Waals surface area contributed by atoms with Crippen LogP contribution in [0.1, 0.15) is 31.1 Å². The first-order chi connectivity index (χ1) is 9.73. The van der Waals surface area contributed by atoms with Gasteiger partial charge >= 0.3 is 6.09 Å². The SMILES string of the molecule is CC(C)(C)OC(=O)NCCOc1cc(F)c(C=O)c(F)c1. The molecule has 116 valence electrons. The van der Waals surface area contributed by atoms with E-state index in [2.05, 4.69) is 5.32 Å². The third-order valence-corrected chi connectivity index (χ3v) is 2.21. The average molecular weight is 301 g/mol. The van der Waals surface area contributed by atoms with E-state index < -0.39 is 28.9 Å². The quantitative estimate of drug-likeness (QED) is 0.671. The van der Waals surface area contributed by atoms with E-state index in [0.29, 0.717) is 0 Å². The second-order valence-corrected chi connectivity index (χ2v) is 5.20. The number of aldehydes is 1. The van der Waals surface area contributed by atoms with Gasteiger partial charge in [-0.3, -0.25) is 4.79 Å². The summed E-state index contributed by atoms with van der Waals surface area (Å²) >= 11 is 0. The van der Waals surface area contributed by atoms with Crippen LogP contribution >= 0.6 is 0 Å². The molecule has 7 heteroatoms. The minimum atomic E-state index is -1.000. The first kappa shape index (κ1) is 16.9. The van der Waals surface area contributed by atoms with Gasteiger partial charge in [-0.05, 0) is 20.8 Å². The Morgan fingerprint density at radius 2 is 1.86 bits per heavy atom. The van der Waals surface area contributed by atoms with Crippen molar-refractivity contribution in [3.8, 4) is 5.75 Å². The van der Waals surface area contributed by atoms with Crippen LogP contribution in [0.4, 0.5) is 13.6 Å². The average Bonchev–Trinajstić information content (AvgIpc) is 2.32. The Balaban J connectivity index is 2.43. The van der Waals surface area contributed by atoms with Crippen molar-refractivity contribution in [2.75, 3.05) is 13.2 Å². The fourth-order valence-electron chi connectivity index (χ4n) is 1.39. The van der Waals surface area contributed by atoms with Crippen LogP contribution in [0, 0.1) is 11.6 Å². The molecule has 5 nitrogen and oxygen atoms in total. The second-order valence-electron chi connectivity index (χ2n) is 5.20. The molecule has 0 aliphatic rings. The molecule has 0 spiro atoms. The third kappa shape index (κ3) is 5.76. The first-order valence-electron chi connectivity index (χ1n) is 6.27. The zero-order chi connectivity index (χ0) is 16.0. The maximum atomic E-state index is 13.3. The zero-order valence-electron chi connectivity index (χ0n) is 12.0. The number of benzene rings is 1. The Kier molecular flexibility index (Phi) is 5.63. The fourth-order valence-corrected chi connectivity index (χ4v) is 1.39. The predicted octanol–water partition coefficient (Wildman–Crippen LogP) is 2.68. The van der Waals surface area contributed by atoms with E-state index in [0.717, 1.165) is 12.1 Å². The van der Waals surface area contributed by atoms with Gasteiger partial charge in [-0.1, -0.05) is 0 Å². The van der Waals surface area contributed by atoms with Crippen molar-refractivity contribution in [1.82, 2.24) is 5.32 Å². The molecule has 21 heavy (non-hydrogen) atoms. The van der Waals surface area contributed by atoms with Gasteiger partial charge in [-0.25, -0.2) is 13.6 Å². The highest BCUT2D eigenvalue weighted by Gasteiger charge is 2.15. The van der Waals surface area contributed by atoms with Gasteiger partial charge in [0.05, 0.1) is 12.1 Å². The molecule has 1 aromatic rings. The summed E-state index contributed by atoms with van der Waals surface area (Å²) in [4.78, 5) is 21.7. The number of nitrogens with one attached hydrogen (secondary N) is 1. The lowest BCUT2D eigenvalue weighted by Gasteiger charge is -2.19. The molecule has 0 saturated heterocycles. The lowest BCUT2D eigenvalue weighted by molar-refractivity contribution is 0.0520. The molecule has 1 N–H and O–H groups in total. The Bertz CT molecular complexity index is 503. The van der Waals surface area contributed by atoms with Gasteiger partial charge in [-0.2, -0.15) is 0 Å². The van der Waals surface area contributed by atoms with Gasteiger partial charge in [0.2, 0.25) is 0 Å². The van der Waals surface area contributed by atoms with Crippen molar-refractivity contribution in [3.05, 3.63) is 29.3 Å². The summed E-state index contributed by atoms with van der Waals surface area (Å²) < 4.78 is 36.7. The van der Waals surface area contributed by atoms with E-state index in [1.165, 1.54) is 0 Å². The molecule has 0 heterocycles. The smallest absolute Gasteiger partial charge is 0.407 e. The third-order valence-electron chi connectivity index (χ3n) is 2.21. The number of hydrogen-bond donors (Lipinski definition) is 1. The summed E-state index contributed by atoms with van der Waals surface area (Å²) in [7, 11) is 0. The van der Waals surface area contributed by atoms with Crippen LogP contribution in [0.3, 0.4) is 0 Å². The molecule has 1 amide bonds. The Hall–Kier alpha value is -2.18. The number of amides is 1. The van der Waals surface area contributed by atoms with Crippen molar-refractivity contribution in [2.24, 2.45) is 0 Å². The summed E-state index contributed by atoms with van der Waals surface area (Å²) in [5.74, 6) is -2.07. The van der Waals surface area contributed by atoms with Crippen molar-refractivity contribution < 1.29 is 27.8 Å². The van der Waals surface area contributed by atoms with Crippen LogP contribution in [0.25, 0.3) is 0 Å². The van der Waals surface area contributed by atoms with Crippen LogP contribution in [0.15, 0.2) is 12.1 Å². The molecule has 0 unspecified atom stereocenters. The minimum absolute atomic E-state index is 0.00143. The Morgan fingerprint density at radius 3 is 2.33 bits per heavy atom. The highest BCUT2D eigenvalue weighted by Crippen LogP contribution is 2.19. The van der Waals surface area contributed by atoms with E-state index in [-0.39, 0.29) is 25.2 Å². The van der Waals surface area contributed by atoms with E-state index in [1.807, 2.05) is 0 Å². The molecular weight excluding hydrogens is 284 g/mol. The molecule has 0 aliphatic heterocycles. The van der Waals surface area contributed by atoms with Crippen molar-refractivity contribution in [1.29, 1.82) is 0 Å². The number of ether oxygens (including phenoxy) is 2. The van der Waals surface area contributed by atoms with Crippen LogP contribution in [0.2, 0.25) is 0 Å². The molecule has 0 fully saturated rings. The van der Waals surface area contributed by atoms with Crippen LogP contribution < -0.4 is 10.1 Å². The van der Waals surface area contributed by atoms with E-state index in [1.54, 1.807) is 20.8 Å². The van der Waals surface area contributed by atoms with E-state index >= 15 is 0 Å². The highest BCUT2D eigenvalue weighted by atomic mass is 19.1. The molecule has 0 saturated carbocycles. The van der Waals surface area contributed by atoms with Gasteiger partial charge in [0.25, 0.3) is 0 Å². The molecule has 0 aromatic heterocycles. The maximum Gasteiger partial charge on any atom is 0.407 e. The topological polar surface area (TPSA) is 64.6 Å². The summed E-state index contributed by atoms with van der Waals surface area (Å²) in [6.07, 6.45) is -0.516. The lowest BCUT2D eigenvalue weighted by Crippen LogP contribution is -2.34. The van der Waals surface area contributed by atoms with E-state index in [9.17, 15) is 18.4 Å². The van der Waals surface area contributed by atoms with E-state index in [4.69, 9.17) is 9.47 Å².